The van der Waals surface area contributed by atoms with E-state index in [9.17, 15) is 9.59 Å². The predicted molar refractivity (Wildman–Crippen MR) is 84.1 cm³/mol. The van der Waals surface area contributed by atoms with Gasteiger partial charge in [0.05, 0.1) is 12.5 Å². The highest BCUT2D eigenvalue weighted by Crippen LogP contribution is 2.22. The van der Waals surface area contributed by atoms with E-state index in [0.717, 1.165) is 24.1 Å². The van der Waals surface area contributed by atoms with Gasteiger partial charge >= 0.3 is 0 Å². The first kappa shape index (κ1) is 17.7. The van der Waals surface area contributed by atoms with Crippen LogP contribution in [0.5, 0.6) is 0 Å². The molecular formula is C15H24N2O3S. The molecule has 0 saturated carbocycles. The van der Waals surface area contributed by atoms with Gasteiger partial charge in [-0.2, -0.15) is 0 Å². The molecule has 0 spiro atoms. The number of carbonyl (C=O) groups excluding carboxylic acids is 2. The standard InChI is InChI=1S/C15H24N2O3S/c1-12(19)16-13(14-7-6-10-21-14)11-15(20)17(2)8-4-3-5-9-18/h6-7,10,13,18H,3-5,8-9,11H2,1-2H3,(H,16,19). The molecule has 0 aliphatic carbocycles. The van der Waals surface area contributed by atoms with E-state index in [2.05, 4.69) is 5.32 Å². The molecule has 0 bridgehead atoms. The number of thiophene rings is 1. The van der Waals surface area contributed by atoms with Crippen LogP contribution in [0.3, 0.4) is 0 Å². The van der Waals surface area contributed by atoms with Crippen LogP contribution in [-0.2, 0) is 9.59 Å². The number of nitrogens with one attached hydrogen (secondary N) is 1. The normalized spacial score (nSPS) is 12.0. The van der Waals surface area contributed by atoms with Gasteiger partial charge in [0.15, 0.2) is 0 Å². The molecule has 0 saturated heterocycles. The molecule has 1 heterocycles. The molecule has 1 unspecified atom stereocenters. The van der Waals surface area contributed by atoms with Crippen molar-refractivity contribution in [1.29, 1.82) is 0 Å². The Bertz CT molecular complexity index is 434. The number of nitrogens with zero attached hydrogens (tertiary/aromatic N) is 1. The molecule has 1 aromatic heterocycles. The minimum atomic E-state index is -0.255. The topological polar surface area (TPSA) is 69.6 Å². The van der Waals surface area contributed by atoms with Crippen LogP contribution in [-0.4, -0.2) is 42.0 Å². The van der Waals surface area contributed by atoms with Crippen molar-refractivity contribution in [2.75, 3.05) is 20.2 Å². The average molecular weight is 312 g/mol. The number of carbonyl (C=O) groups is 2. The first-order valence-electron chi connectivity index (χ1n) is 7.20. The number of unbranched alkanes of at least 4 members (excludes halogenated alkanes) is 2. The summed E-state index contributed by atoms with van der Waals surface area (Å²) in [5.74, 6) is -0.113. The summed E-state index contributed by atoms with van der Waals surface area (Å²) >= 11 is 1.54. The number of hydrogen-bond donors (Lipinski definition) is 2. The van der Waals surface area contributed by atoms with Crippen molar-refractivity contribution < 1.29 is 14.7 Å². The summed E-state index contributed by atoms with van der Waals surface area (Å²) in [6, 6.07) is 3.59. The van der Waals surface area contributed by atoms with Crippen LogP contribution in [0, 0.1) is 0 Å². The van der Waals surface area contributed by atoms with Gasteiger partial charge in [-0.1, -0.05) is 6.07 Å². The zero-order valence-corrected chi connectivity index (χ0v) is 13.5. The van der Waals surface area contributed by atoms with Crippen LogP contribution in [0.4, 0.5) is 0 Å². The highest BCUT2D eigenvalue weighted by molar-refractivity contribution is 7.10. The van der Waals surface area contributed by atoms with E-state index >= 15 is 0 Å². The summed E-state index contributed by atoms with van der Waals surface area (Å²) in [6.45, 7) is 2.33. The van der Waals surface area contributed by atoms with Gasteiger partial charge in [0, 0.05) is 32.0 Å². The number of aliphatic hydroxyl groups excluding tert-OH is 1. The third-order valence-corrected chi connectivity index (χ3v) is 4.21. The van der Waals surface area contributed by atoms with Gasteiger partial charge in [-0.15, -0.1) is 11.3 Å². The van der Waals surface area contributed by atoms with Crippen molar-refractivity contribution in [2.24, 2.45) is 0 Å². The van der Waals surface area contributed by atoms with Gasteiger partial charge in [0.1, 0.15) is 0 Å². The van der Waals surface area contributed by atoms with E-state index in [0.29, 0.717) is 6.54 Å². The van der Waals surface area contributed by atoms with Crippen molar-refractivity contribution in [3.05, 3.63) is 22.4 Å². The monoisotopic (exact) mass is 312 g/mol. The van der Waals surface area contributed by atoms with E-state index in [1.54, 1.807) is 11.9 Å². The zero-order chi connectivity index (χ0) is 15.7. The number of amides is 2. The molecule has 6 heteroatoms. The molecule has 0 radical (unpaired) electrons. The summed E-state index contributed by atoms with van der Waals surface area (Å²) in [4.78, 5) is 26.2. The highest BCUT2D eigenvalue weighted by Gasteiger charge is 2.20. The molecule has 1 rings (SSSR count). The second-order valence-corrected chi connectivity index (χ2v) is 6.05. The molecule has 5 nitrogen and oxygen atoms in total. The largest absolute Gasteiger partial charge is 0.396 e. The van der Waals surface area contributed by atoms with Crippen LogP contribution in [0.15, 0.2) is 17.5 Å². The van der Waals surface area contributed by atoms with Crippen LogP contribution in [0.1, 0.15) is 43.5 Å². The van der Waals surface area contributed by atoms with Crippen molar-refractivity contribution in [3.63, 3.8) is 0 Å². The Hall–Kier alpha value is -1.40. The van der Waals surface area contributed by atoms with Crippen LogP contribution in [0.2, 0.25) is 0 Å². The minimum Gasteiger partial charge on any atom is -0.396 e. The van der Waals surface area contributed by atoms with Gasteiger partial charge in [0.2, 0.25) is 11.8 Å². The Labute approximate surface area is 130 Å². The maximum absolute atomic E-state index is 12.2. The molecule has 2 amide bonds. The first-order chi connectivity index (χ1) is 10.0. The van der Waals surface area contributed by atoms with E-state index in [-0.39, 0.29) is 30.9 Å². The van der Waals surface area contributed by atoms with Crippen molar-refractivity contribution in [2.45, 2.75) is 38.6 Å². The molecule has 1 atom stereocenters. The second-order valence-electron chi connectivity index (χ2n) is 5.07. The predicted octanol–water partition coefficient (Wildman–Crippen LogP) is 1.94. The summed E-state index contributed by atoms with van der Waals surface area (Å²) in [7, 11) is 1.78. The molecule has 0 fully saturated rings. The van der Waals surface area contributed by atoms with Crippen LogP contribution >= 0.6 is 11.3 Å². The van der Waals surface area contributed by atoms with E-state index < -0.39 is 0 Å². The molecule has 2 N–H and O–H groups in total. The van der Waals surface area contributed by atoms with Crippen LogP contribution < -0.4 is 5.32 Å². The van der Waals surface area contributed by atoms with Gasteiger partial charge in [-0.25, -0.2) is 0 Å². The number of hydrogen-bond acceptors (Lipinski definition) is 4. The maximum Gasteiger partial charge on any atom is 0.224 e. The minimum absolute atomic E-state index is 0.0196. The lowest BCUT2D eigenvalue weighted by Crippen LogP contribution is -2.34. The Morgan fingerprint density at radius 1 is 1.38 bits per heavy atom. The lowest BCUT2D eigenvalue weighted by molar-refractivity contribution is -0.130. The van der Waals surface area contributed by atoms with Crippen LogP contribution in [0.25, 0.3) is 0 Å². The Morgan fingerprint density at radius 3 is 2.71 bits per heavy atom. The Morgan fingerprint density at radius 2 is 2.14 bits per heavy atom. The second kappa shape index (κ2) is 9.52. The molecule has 0 aromatic carbocycles. The summed E-state index contributed by atoms with van der Waals surface area (Å²) < 4.78 is 0. The highest BCUT2D eigenvalue weighted by atomic mass is 32.1. The lowest BCUT2D eigenvalue weighted by Gasteiger charge is -2.21. The van der Waals surface area contributed by atoms with Crippen molar-refractivity contribution >= 4 is 23.2 Å². The fourth-order valence-corrected chi connectivity index (χ4v) is 2.83. The number of aliphatic hydroxyl groups is 1. The van der Waals surface area contributed by atoms with Crippen molar-refractivity contribution in [1.82, 2.24) is 10.2 Å². The Balaban J connectivity index is 2.49. The lowest BCUT2D eigenvalue weighted by atomic mass is 10.1. The third-order valence-electron chi connectivity index (χ3n) is 3.22. The van der Waals surface area contributed by atoms with Gasteiger partial charge in [0.25, 0.3) is 0 Å². The maximum atomic E-state index is 12.2. The molecule has 118 valence electrons. The molecular weight excluding hydrogens is 288 g/mol. The van der Waals surface area contributed by atoms with Gasteiger partial charge < -0.3 is 15.3 Å². The number of rotatable bonds is 9. The average Bonchev–Trinajstić information content (AvgIpc) is 2.96. The molecule has 1 aromatic rings. The van der Waals surface area contributed by atoms with E-state index in [4.69, 9.17) is 5.11 Å². The first-order valence-corrected chi connectivity index (χ1v) is 8.08. The smallest absolute Gasteiger partial charge is 0.224 e. The zero-order valence-electron chi connectivity index (χ0n) is 12.7. The van der Waals surface area contributed by atoms with Crippen molar-refractivity contribution in [3.8, 4) is 0 Å². The fraction of sp³-hybridized carbons (Fsp3) is 0.600. The third kappa shape index (κ3) is 6.73. The van der Waals surface area contributed by atoms with Gasteiger partial charge in [-0.3, -0.25) is 9.59 Å². The summed E-state index contributed by atoms with van der Waals surface area (Å²) in [6.07, 6.45) is 2.84. The molecule has 0 aliphatic heterocycles. The Kier molecular flexibility index (Phi) is 8.00. The van der Waals surface area contributed by atoms with E-state index in [1.807, 2.05) is 17.5 Å². The molecule has 21 heavy (non-hydrogen) atoms. The van der Waals surface area contributed by atoms with Gasteiger partial charge in [-0.05, 0) is 30.7 Å². The van der Waals surface area contributed by atoms with E-state index in [1.165, 1.54) is 18.3 Å². The summed E-state index contributed by atoms with van der Waals surface area (Å²) in [5.41, 5.74) is 0. The summed E-state index contributed by atoms with van der Waals surface area (Å²) in [5, 5.41) is 13.5. The fourth-order valence-electron chi connectivity index (χ4n) is 2.05. The quantitative estimate of drug-likeness (QED) is 0.685. The SMILES string of the molecule is CC(=O)NC(CC(=O)N(C)CCCCCO)c1cccs1. The molecule has 0 aliphatic rings.